The SMILES string of the molecule is Br.Br.C.Clc1ccc(CN2CN=C(SCc3ccc(Br)cc3CSC3=NCN(Cc4ccc(Cl)c(Cl)c4)CN3)NC2)cc1Cl.N=C(N)SCc1ccc(Br)cc1CSC(=N)N.NCc1ccc(Cl)c(Cl)c1. The van der Waals surface area contributed by atoms with E-state index < -0.39 is 0 Å². The van der Waals surface area contributed by atoms with Crippen molar-refractivity contribution in [3.63, 3.8) is 0 Å². The van der Waals surface area contributed by atoms with Gasteiger partial charge in [-0.15, -0.1) is 34.0 Å². The molecule has 0 aliphatic carbocycles. The van der Waals surface area contributed by atoms with E-state index in [1.54, 1.807) is 35.7 Å². The lowest BCUT2D eigenvalue weighted by atomic mass is 10.1. The molecule has 0 saturated carbocycles. The maximum absolute atomic E-state index is 7.21. The Balaban J connectivity index is 0.000000475. The second-order valence-corrected chi connectivity index (χ2v) is 22.9. The van der Waals surface area contributed by atoms with Gasteiger partial charge in [0.25, 0.3) is 0 Å². The average molecular weight is 1420 g/mol. The van der Waals surface area contributed by atoms with Crippen LogP contribution >= 0.6 is 182 Å². The molecule has 25 heteroatoms. The highest BCUT2D eigenvalue weighted by molar-refractivity contribution is 9.10. The van der Waals surface area contributed by atoms with Crippen LogP contribution < -0.4 is 27.8 Å². The maximum atomic E-state index is 7.21. The summed E-state index contributed by atoms with van der Waals surface area (Å²) in [5.74, 6) is 2.98. The lowest BCUT2D eigenvalue weighted by Crippen LogP contribution is -2.41. The van der Waals surface area contributed by atoms with Gasteiger partial charge in [0.1, 0.15) is 0 Å². The van der Waals surface area contributed by atoms with Crippen LogP contribution in [0.3, 0.4) is 0 Å². The van der Waals surface area contributed by atoms with Crippen molar-refractivity contribution in [1.29, 1.82) is 10.8 Å². The smallest absolute Gasteiger partial charge is 0.159 e. The molecule has 0 amide bonds. The monoisotopic (exact) mass is 1410 g/mol. The third kappa shape index (κ3) is 23.8. The molecule has 0 bridgehead atoms. The average Bonchev–Trinajstić information content (AvgIpc) is 3.31. The standard InChI is InChI=1S/C28H27BrCl4N6S2.C10H13BrN4S2.C7H7Cl2N.CH4.2BrH/c29-22-4-3-20(12-40-27-34-14-38(15-35-27)10-18-1-5-23(30)25(32)7-18)21(9-22)13-41-28-36-16-39(17-37-28)11-19-2-6-24(31)26(33)8-19;11-8-2-1-6(4-16-9(12)13)7(3-8)5-17-10(14)15;8-6-2-1-5(4-10)3-7(6)9;;;/h1-9H,10-17H2,(H,34,35)(H,36,37);1-3H,4-5H2,(H3,12,13)(H3,14,15);1-3H,4,10H2;1H4;2*1H. The van der Waals surface area contributed by atoms with Crippen molar-refractivity contribution in [2.45, 2.75) is 50.1 Å². The summed E-state index contributed by atoms with van der Waals surface area (Å²) in [6.07, 6.45) is 0. The van der Waals surface area contributed by atoms with Crippen molar-refractivity contribution >= 4 is 203 Å². The van der Waals surface area contributed by atoms with Crippen LogP contribution in [-0.2, 0) is 42.6 Å². The minimum Gasteiger partial charge on any atom is -0.379 e. The zero-order chi connectivity index (χ0) is 49.2. The van der Waals surface area contributed by atoms with Crippen LogP contribution in [0.2, 0.25) is 30.1 Å². The Morgan fingerprint density at radius 3 is 1.28 bits per heavy atom. The molecule has 2 heterocycles. The van der Waals surface area contributed by atoms with Crippen LogP contribution in [-0.4, -0.2) is 57.1 Å². The van der Waals surface area contributed by atoms with Gasteiger partial charge in [0.05, 0.1) is 56.8 Å². The van der Waals surface area contributed by atoms with Gasteiger partial charge in [-0.1, -0.05) is 186 Å². The van der Waals surface area contributed by atoms with Gasteiger partial charge in [0.2, 0.25) is 0 Å². The predicted octanol–water partition coefficient (Wildman–Crippen LogP) is 15.2. The molecule has 0 radical (unpaired) electrons. The van der Waals surface area contributed by atoms with Crippen LogP contribution in [0.25, 0.3) is 0 Å². The number of amidine groups is 4. The van der Waals surface area contributed by atoms with E-state index in [1.807, 2.05) is 60.7 Å². The molecule has 0 aromatic heterocycles. The summed E-state index contributed by atoms with van der Waals surface area (Å²) in [5, 5.41) is 26.8. The topological polar surface area (TPSA) is 181 Å². The molecule has 5 aromatic carbocycles. The first-order valence-electron chi connectivity index (χ1n) is 20.3. The minimum atomic E-state index is 0. The van der Waals surface area contributed by atoms with E-state index in [0.29, 0.717) is 61.5 Å². The van der Waals surface area contributed by atoms with Crippen molar-refractivity contribution < 1.29 is 0 Å². The van der Waals surface area contributed by atoms with Crippen LogP contribution in [0.5, 0.6) is 0 Å². The van der Waals surface area contributed by atoms with E-state index in [2.05, 4.69) is 70.5 Å². The van der Waals surface area contributed by atoms with E-state index in [1.165, 1.54) is 34.7 Å². The molecular formula is C46H53Br4Cl6N11S4. The zero-order valence-corrected chi connectivity index (χ0v) is 51.3. The van der Waals surface area contributed by atoms with E-state index >= 15 is 0 Å². The number of hydrogen-bond acceptors (Lipinski definition) is 13. The number of aliphatic imine (C=N–C) groups is 2. The number of halogens is 10. The number of nitrogens with two attached hydrogens (primary N) is 3. The quantitative estimate of drug-likeness (QED) is 0.0440. The summed E-state index contributed by atoms with van der Waals surface area (Å²) in [7, 11) is 0. The van der Waals surface area contributed by atoms with E-state index in [0.717, 1.165) is 85.0 Å². The predicted molar refractivity (Wildman–Crippen MR) is 334 cm³/mol. The highest BCUT2D eigenvalue weighted by Gasteiger charge is 2.17. The second kappa shape index (κ2) is 34.6. The van der Waals surface area contributed by atoms with Gasteiger partial charge in [-0.25, -0.2) is 9.98 Å². The number of thioether (sulfide) groups is 4. The van der Waals surface area contributed by atoms with Crippen LogP contribution in [0.15, 0.2) is 110 Å². The molecule has 0 spiro atoms. The summed E-state index contributed by atoms with van der Waals surface area (Å²) < 4.78 is 2.06. The Hall–Kier alpha value is -1.08. The molecule has 0 fully saturated rings. The molecule has 7 rings (SSSR count). The normalized spacial score (nSPS) is 13.1. The molecule has 2 aliphatic heterocycles. The first-order chi connectivity index (χ1) is 32.5. The van der Waals surface area contributed by atoms with Gasteiger partial charge in [-0.05, 0) is 99.6 Å². The molecule has 5 aromatic rings. The summed E-state index contributed by atoms with van der Waals surface area (Å²) >= 11 is 48.9. The molecule has 11 nitrogen and oxygen atoms in total. The third-order valence-corrected chi connectivity index (χ3v) is 16.3. The zero-order valence-electron chi connectivity index (χ0n) is 36.9. The van der Waals surface area contributed by atoms with E-state index in [4.69, 9.17) is 108 Å². The Kier molecular flexibility index (Phi) is 32.1. The second-order valence-electron chi connectivity index (χ2n) is 14.7. The molecule has 0 unspecified atom stereocenters. The summed E-state index contributed by atoms with van der Waals surface area (Å²) in [6.45, 7) is 4.71. The molecule has 2 aliphatic rings. The number of rotatable bonds is 13. The molecule has 10 N–H and O–H groups in total. The largest absolute Gasteiger partial charge is 0.379 e. The lowest BCUT2D eigenvalue weighted by molar-refractivity contribution is 0.258. The number of hydrogen-bond donors (Lipinski definition) is 7. The first-order valence-corrected chi connectivity index (χ1v) is 28.1. The lowest BCUT2D eigenvalue weighted by Gasteiger charge is -2.27. The van der Waals surface area contributed by atoms with Gasteiger partial charge >= 0.3 is 0 Å². The minimum absolute atomic E-state index is 0. The molecule has 386 valence electrons. The molecule has 0 saturated heterocycles. The molecular weight excluding hydrogens is 1370 g/mol. The fourth-order valence-electron chi connectivity index (χ4n) is 6.11. The van der Waals surface area contributed by atoms with Crippen LogP contribution in [0.4, 0.5) is 0 Å². The highest BCUT2D eigenvalue weighted by Crippen LogP contribution is 2.29. The number of nitrogens with zero attached hydrogens (tertiary/aromatic N) is 4. The fraction of sp³-hybridized carbons (Fsp3) is 0.261. The van der Waals surface area contributed by atoms with Gasteiger partial charge in [-0.2, -0.15) is 0 Å². The summed E-state index contributed by atoms with van der Waals surface area (Å²) in [4.78, 5) is 13.9. The summed E-state index contributed by atoms with van der Waals surface area (Å²) in [6, 6.07) is 29.3. The Labute approximate surface area is 501 Å². The van der Waals surface area contributed by atoms with E-state index in [-0.39, 0.29) is 51.7 Å². The fourth-order valence-corrected chi connectivity index (χ4v) is 10.8. The third-order valence-electron chi connectivity index (χ3n) is 9.57. The Morgan fingerprint density at radius 1 is 0.535 bits per heavy atom. The van der Waals surface area contributed by atoms with E-state index in [9.17, 15) is 0 Å². The van der Waals surface area contributed by atoms with Crippen molar-refractivity contribution in [1.82, 2.24) is 20.4 Å². The Bertz CT molecular complexity index is 2610. The highest BCUT2D eigenvalue weighted by atomic mass is 79.9. The first kappa shape index (κ1) is 66.0. The number of nitrogens with one attached hydrogen (secondary N) is 4. The van der Waals surface area contributed by atoms with Crippen LogP contribution in [0, 0.1) is 10.8 Å². The maximum Gasteiger partial charge on any atom is 0.159 e. The summed E-state index contributed by atoms with van der Waals surface area (Å²) in [5.41, 5.74) is 24.0. The molecule has 0 atom stereocenters. The number of benzene rings is 5. The van der Waals surface area contributed by atoms with Crippen molar-refractivity contribution in [2.24, 2.45) is 27.2 Å². The van der Waals surface area contributed by atoms with Crippen molar-refractivity contribution in [2.75, 3.05) is 26.7 Å². The van der Waals surface area contributed by atoms with Crippen molar-refractivity contribution in [3.8, 4) is 0 Å². The van der Waals surface area contributed by atoms with Crippen LogP contribution in [0.1, 0.15) is 46.4 Å². The van der Waals surface area contributed by atoms with Gasteiger partial charge < -0.3 is 27.8 Å². The Morgan fingerprint density at radius 2 is 0.901 bits per heavy atom. The molecule has 71 heavy (non-hydrogen) atoms. The van der Waals surface area contributed by atoms with Gasteiger partial charge in [0.15, 0.2) is 20.7 Å². The van der Waals surface area contributed by atoms with Gasteiger partial charge in [-0.3, -0.25) is 20.6 Å². The van der Waals surface area contributed by atoms with Crippen molar-refractivity contribution in [3.05, 3.63) is 169 Å². The van der Waals surface area contributed by atoms with Gasteiger partial charge in [0, 0.05) is 51.6 Å².